The van der Waals surface area contributed by atoms with Crippen LogP contribution < -0.4 is 15.4 Å². The van der Waals surface area contributed by atoms with Crippen LogP contribution in [-0.4, -0.2) is 19.1 Å². The Bertz CT molecular complexity index is 645. The van der Waals surface area contributed by atoms with Crippen molar-refractivity contribution >= 4 is 17.3 Å². The third-order valence-corrected chi connectivity index (χ3v) is 2.82. The zero-order chi connectivity index (χ0) is 15.9. The molecular formula is C16H16F2N2O2. The first-order valence-electron chi connectivity index (χ1n) is 6.80. The first-order chi connectivity index (χ1) is 10.6. The van der Waals surface area contributed by atoms with Gasteiger partial charge >= 0.3 is 0 Å². The summed E-state index contributed by atoms with van der Waals surface area (Å²) in [6.07, 6.45) is 0. The van der Waals surface area contributed by atoms with Crippen molar-refractivity contribution in [2.75, 3.05) is 23.8 Å². The highest BCUT2D eigenvalue weighted by atomic mass is 19.2. The highest BCUT2D eigenvalue weighted by molar-refractivity contribution is 5.93. The van der Waals surface area contributed by atoms with E-state index in [1.165, 1.54) is 6.07 Å². The van der Waals surface area contributed by atoms with Crippen LogP contribution in [0.4, 0.5) is 20.2 Å². The van der Waals surface area contributed by atoms with Crippen molar-refractivity contribution in [3.63, 3.8) is 0 Å². The van der Waals surface area contributed by atoms with E-state index in [2.05, 4.69) is 10.6 Å². The van der Waals surface area contributed by atoms with Crippen LogP contribution in [0.15, 0.2) is 42.5 Å². The lowest BCUT2D eigenvalue weighted by Gasteiger charge is -2.09. The highest BCUT2D eigenvalue weighted by Gasteiger charge is 2.05. The van der Waals surface area contributed by atoms with Crippen molar-refractivity contribution in [3.05, 3.63) is 54.1 Å². The van der Waals surface area contributed by atoms with Crippen LogP contribution in [-0.2, 0) is 4.79 Å². The molecule has 0 saturated carbocycles. The number of ether oxygens (including phenoxy) is 1. The van der Waals surface area contributed by atoms with Crippen molar-refractivity contribution in [3.8, 4) is 5.75 Å². The Morgan fingerprint density at radius 1 is 1.05 bits per heavy atom. The molecule has 1 amide bonds. The number of hydrogen-bond donors (Lipinski definition) is 2. The molecule has 0 unspecified atom stereocenters. The van der Waals surface area contributed by atoms with Gasteiger partial charge in [-0.2, -0.15) is 0 Å². The van der Waals surface area contributed by atoms with Gasteiger partial charge in [0.2, 0.25) is 5.91 Å². The van der Waals surface area contributed by atoms with E-state index in [9.17, 15) is 13.6 Å². The summed E-state index contributed by atoms with van der Waals surface area (Å²) in [5.41, 5.74) is 0.960. The molecule has 6 heteroatoms. The lowest BCUT2D eigenvalue weighted by molar-refractivity contribution is -0.114. The van der Waals surface area contributed by atoms with Gasteiger partial charge in [-0.05, 0) is 43.3 Å². The summed E-state index contributed by atoms with van der Waals surface area (Å²) in [5.74, 6) is -1.46. The average Bonchev–Trinajstić information content (AvgIpc) is 2.51. The Labute approximate surface area is 127 Å². The number of halogens is 2. The number of benzene rings is 2. The van der Waals surface area contributed by atoms with Crippen molar-refractivity contribution in [2.24, 2.45) is 0 Å². The van der Waals surface area contributed by atoms with E-state index in [4.69, 9.17) is 4.74 Å². The Hall–Kier alpha value is -2.63. The predicted molar refractivity (Wildman–Crippen MR) is 81.1 cm³/mol. The topological polar surface area (TPSA) is 50.4 Å². The molecule has 0 radical (unpaired) electrons. The molecule has 0 heterocycles. The zero-order valence-electron chi connectivity index (χ0n) is 12.0. The van der Waals surface area contributed by atoms with Crippen LogP contribution >= 0.6 is 0 Å². The van der Waals surface area contributed by atoms with Gasteiger partial charge in [-0.15, -0.1) is 0 Å². The van der Waals surface area contributed by atoms with Crippen LogP contribution in [0.2, 0.25) is 0 Å². The largest absolute Gasteiger partial charge is 0.494 e. The maximum absolute atomic E-state index is 13.0. The molecule has 0 saturated heterocycles. The second-order valence-electron chi connectivity index (χ2n) is 4.49. The molecule has 0 aliphatic carbocycles. The molecule has 0 spiro atoms. The molecule has 2 N–H and O–H groups in total. The number of amides is 1. The third kappa shape index (κ3) is 4.44. The second kappa shape index (κ2) is 7.40. The summed E-state index contributed by atoms with van der Waals surface area (Å²) in [7, 11) is 0. The number of carbonyl (C=O) groups excluding carboxylic acids is 1. The van der Waals surface area contributed by atoms with Crippen molar-refractivity contribution in [1.82, 2.24) is 0 Å². The van der Waals surface area contributed by atoms with E-state index < -0.39 is 11.6 Å². The fourth-order valence-electron chi connectivity index (χ4n) is 1.79. The molecule has 0 aliphatic heterocycles. The first-order valence-corrected chi connectivity index (χ1v) is 6.80. The lowest BCUT2D eigenvalue weighted by atomic mass is 10.3. The number of anilines is 2. The van der Waals surface area contributed by atoms with Crippen LogP contribution in [0.1, 0.15) is 6.92 Å². The van der Waals surface area contributed by atoms with E-state index >= 15 is 0 Å². The third-order valence-electron chi connectivity index (χ3n) is 2.82. The molecule has 0 atom stereocenters. The van der Waals surface area contributed by atoms with Crippen LogP contribution in [0.3, 0.4) is 0 Å². The lowest BCUT2D eigenvalue weighted by Crippen LogP contribution is -2.21. The molecule has 22 heavy (non-hydrogen) atoms. The quantitative estimate of drug-likeness (QED) is 0.860. The monoisotopic (exact) mass is 306 g/mol. The van der Waals surface area contributed by atoms with E-state index in [0.29, 0.717) is 18.0 Å². The Morgan fingerprint density at radius 2 is 1.73 bits per heavy atom. The molecule has 0 fully saturated rings. The van der Waals surface area contributed by atoms with Gasteiger partial charge in [0.05, 0.1) is 13.2 Å². The Balaban J connectivity index is 1.85. The second-order valence-corrected chi connectivity index (χ2v) is 4.49. The van der Waals surface area contributed by atoms with Crippen LogP contribution in [0.5, 0.6) is 5.75 Å². The van der Waals surface area contributed by atoms with Crippen molar-refractivity contribution in [1.29, 1.82) is 0 Å². The standard InChI is InChI=1S/C16H16F2N2O2/c1-2-22-13-6-3-11(4-7-13)20-16(21)10-19-12-5-8-14(17)15(18)9-12/h3-9,19H,2,10H2,1H3,(H,20,21). The maximum atomic E-state index is 13.0. The first kappa shape index (κ1) is 15.8. The van der Waals surface area contributed by atoms with Crippen molar-refractivity contribution in [2.45, 2.75) is 6.92 Å². The summed E-state index contributed by atoms with van der Waals surface area (Å²) in [4.78, 5) is 11.8. The molecular weight excluding hydrogens is 290 g/mol. The van der Waals surface area contributed by atoms with Crippen molar-refractivity contribution < 1.29 is 18.3 Å². The van der Waals surface area contributed by atoms with Gasteiger partial charge in [0.1, 0.15) is 5.75 Å². The van der Waals surface area contributed by atoms with Gasteiger partial charge in [0, 0.05) is 17.4 Å². The SMILES string of the molecule is CCOc1ccc(NC(=O)CNc2ccc(F)c(F)c2)cc1. The van der Waals surface area contributed by atoms with Gasteiger partial charge in [0.25, 0.3) is 0 Å². The Morgan fingerprint density at radius 3 is 2.36 bits per heavy atom. The zero-order valence-corrected chi connectivity index (χ0v) is 12.0. The van der Waals surface area contributed by atoms with Crippen LogP contribution in [0, 0.1) is 11.6 Å². The fraction of sp³-hybridized carbons (Fsp3) is 0.188. The number of nitrogens with one attached hydrogen (secondary N) is 2. The minimum atomic E-state index is -0.961. The summed E-state index contributed by atoms with van der Waals surface area (Å²) in [5, 5.41) is 5.40. The maximum Gasteiger partial charge on any atom is 0.243 e. The number of carbonyl (C=O) groups is 1. The molecule has 2 aromatic carbocycles. The van der Waals surface area contributed by atoms with Crippen LogP contribution in [0.25, 0.3) is 0 Å². The van der Waals surface area contributed by atoms with E-state index in [1.807, 2.05) is 6.92 Å². The van der Waals surface area contributed by atoms with Gasteiger partial charge in [-0.1, -0.05) is 0 Å². The van der Waals surface area contributed by atoms with Gasteiger partial charge in [-0.25, -0.2) is 8.78 Å². The Kier molecular flexibility index (Phi) is 5.30. The molecule has 116 valence electrons. The normalized spacial score (nSPS) is 10.1. The molecule has 0 bridgehead atoms. The minimum absolute atomic E-state index is 0.0573. The van der Waals surface area contributed by atoms with Gasteiger partial charge in [0.15, 0.2) is 11.6 Å². The summed E-state index contributed by atoms with van der Waals surface area (Å²) < 4.78 is 31.1. The van der Waals surface area contributed by atoms with Gasteiger partial charge < -0.3 is 15.4 Å². The van der Waals surface area contributed by atoms with E-state index in [1.54, 1.807) is 24.3 Å². The molecule has 2 aromatic rings. The van der Waals surface area contributed by atoms with E-state index in [-0.39, 0.29) is 12.5 Å². The number of rotatable bonds is 6. The van der Waals surface area contributed by atoms with Gasteiger partial charge in [-0.3, -0.25) is 4.79 Å². The predicted octanol–water partition coefficient (Wildman–Crippen LogP) is 3.41. The summed E-state index contributed by atoms with van der Waals surface area (Å²) in [6, 6.07) is 10.3. The minimum Gasteiger partial charge on any atom is -0.494 e. The molecule has 2 rings (SSSR count). The molecule has 0 aromatic heterocycles. The fourth-order valence-corrected chi connectivity index (χ4v) is 1.79. The highest BCUT2D eigenvalue weighted by Crippen LogP contribution is 2.16. The van der Waals surface area contributed by atoms with E-state index in [0.717, 1.165) is 17.9 Å². The average molecular weight is 306 g/mol. The summed E-state index contributed by atoms with van der Waals surface area (Å²) in [6.45, 7) is 2.40. The summed E-state index contributed by atoms with van der Waals surface area (Å²) >= 11 is 0. The molecule has 0 aliphatic rings. The molecule has 4 nitrogen and oxygen atoms in total. The number of hydrogen-bond acceptors (Lipinski definition) is 3. The smallest absolute Gasteiger partial charge is 0.243 e.